The Hall–Kier alpha value is -3.45. The van der Waals surface area contributed by atoms with Crippen molar-refractivity contribution >= 4 is 17.8 Å². The monoisotopic (exact) mass is 401 g/mol. The van der Waals surface area contributed by atoms with Crippen LogP contribution in [0.5, 0.6) is 5.75 Å². The Morgan fingerprint density at radius 2 is 1.83 bits per heavy atom. The van der Waals surface area contributed by atoms with E-state index in [9.17, 15) is 0 Å². The van der Waals surface area contributed by atoms with Gasteiger partial charge in [-0.1, -0.05) is 54.2 Å². The molecule has 0 aliphatic heterocycles. The highest BCUT2D eigenvalue weighted by atomic mass is 32.2. The average molecular weight is 401 g/mol. The van der Waals surface area contributed by atoms with Crippen LogP contribution in [0.1, 0.15) is 5.56 Å². The van der Waals surface area contributed by atoms with Gasteiger partial charge in [0.1, 0.15) is 11.4 Å². The van der Waals surface area contributed by atoms with Crippen molar-refractivity contribution in [1.29, 1.82) is 0 Å². The quantitative estimate of drug-likeness (QED) is 0.424. The fraction of sp³-hybridized carbons (Fsp3) is 0.0909. The normalized spacial score (nSPS) is 11.1. The van der Waals surface area contributed by atoms with E-state index >= 15 is 0 Å². The lowest BCUT2D eigenvalue weighted by atomic mass is 10.2. The molecule has 6 nitrogen and oxygen atoms in total. The summed E-state index contributed by atoms with van der Waals surface area (Å²) in [5.41, 5.74) is 2.78. The molecule has 0 saturated carbocycles. The number of hydrogen-bond acceptors (Lipinski definition) is 6. The minimum absolute atomic E-state index is 0.651. The molecule has 0 N–H and O–H groups in total. The van der Waals surface area contributed by atoms with Crippen LogP contribution >= 0.6 is 11.8 Å². The molecule has 0 atom stereocenters. The van der Waals surface area contributed by atoms with Gasteiger partial charge in [0.15, 0.2) is 11.0 Å². The van der Waals surface area contributed by atoms with Gasteiger partial charge in [-0.25, -0.2) is 4.98 Å². The van der Waals surface area contributed by atoms with E-state index in [1.807, 2.05) is 47.0 Å². The number of aromatic nitrogens is 5. The third kappa shape index (κ3) is 4.52. The number of hydrogen-bond donors (Lipinski definition) is 0. The molecule has 2 aromatic heterocycles. The minimum Gasteiger partial charge on any atom is -0.497 e. The molecule has 4 rings (SSSR count). The molecule has 2 aromatic carbocycles. The van der Waals surface area contributed by atoms with Gasteiger partial charge < -0.3 is 4.74 Å². The van der Waals surface area contributed by atoms with Crippen molar-refractivity contribution in [3.63, 3.8) is 0 Å². The Labute approximate surface area is 173 Å². The highest BCUT2D eigenvalue weighted by Gasteiger charge is 2.17. The molecule has 0 amide bonds. The summed E-state index contributed by atoms with van der Waals surface area (Å²) in [6, 6.07) is 18.0. The first-order valence-corrected chi connectivity index (χ1v) is 10.0. The number of nitrogens with zero attached hydrogens (tertiary/aromatic N) is 5. The van der Waals surface area contributed by atoms with Crippen LogP contribution in [0, 0.1) is 0 Å². The van der Waals surface area contributed by atoms with Crippen molar-refractivity contribution in [1.82, 2.24) is 24.7 Å². The van der Waals surface area contributed by atoms with Crippen molar-refractivity contribution in [2.24, 2.45) is 0 Å². The molecule has 4 aromatic rings. The molecule has 0 fully saturated rings. The van der Waals surface area contributed by atoms with E-state index < -0.39 is 0 Å². The first-order chi connectivity index (χ1) is 14.3. The lowest BCUT2D eigenvalue weighted by Crippen LogP contribution is -2.01. The Balaban J connectivity index is 1.62. The zero-order valence-electron chi connectivity index (χ0n) is 15.8. The van der Waals surface area contributed by atoms with Crippen LogP contribution < -0.4 is 4.74 Å². The summed E-state index contributed by atoms with van der Waals surface area (Å²) in [7, 11) is 1.65. The van der Waals surface area contributed by atoms with Crippen LogP contribution in [0.15, 0.2) is 84.4 Å². The van der Waals surface area contributed by atoms with E-state index in [0.29, 0.717) is 11.5 Å². The Kier molecular flexibility index (Phi) is 5.97. The zero-order valence-corrected chi connectivity index (χ0v) is 16.7. The maximum atomic E-state index is 5.28. The van der Waals surface area contributed by atoms with Crippen molar-refractivity contribution in [3.8, 4) is 23.0 Å². The molecule has 0 radical (unpaired) electrons. The highest BCUT2D eigenvalue weighted by Crippen LogP contribution is 2.28. The van der Waals surface area contributed by atoms with E-state index in [0.717, 1.165) is 22.3 Å². The van der Waals surface area contributed by atoms with E-state index in [-0.39, 0.29) is 0 Å². The molecule has 0 saturated heterocycles. The maximum absolute atomic E-state index is 5.28. The molecular weight excluding hydrogens is 382 g/mol. The number of methoxy groups -OCH3 is 1. The number of ether oxygens (including phenoxy) is 1. The van der Waals surface area contributed by atoms with Gasteiger partial charge in [0, 0.05) is 18.1 Å². The Bertz CT molecular complexity index is 1080. The van der Waals surface area contributed by atoms with Gasteiger partial charge in [0.2, 0.25) is 0 Å². The van der Waals surface area contributed by atoms with E-state index in [1.165, 1.54) is 5.56 Å². The first kappa shape index (κ1) is 18.9. The van der Waals surface area contributed by atoms with Crippen LogP contribution in [0.2, 0.25) is 0 Å². The maximum Gasteiger partial charge on any atom is 0.196 e. The van der Waals surface area contributed by atoms with Crippen LogP contribution in [0.4, 0.5) is 0 Å². The lowest BCUT2D eigenvalue weighted by Gasteiger charge is -2.10. The predicted octanol–water partition coefficient (Wildman–Crippen LogP) is 4.54. The smallest absolute Gasteiger partial charge is 0.196 e. The van der Waals surface area contributed by atoms with Crippen molar-refractivity contribution in [2.45, 2.75) is 5.16 Å². The summed E-state index contributed by atoms with van der Waals surface area (Å²) in [5.74, 6) is 2.21. The van der Waals surface area contributed by atoms with Crippen LogP contribution in [-0.4, -0.2) is 37.6 Å². The van der Waals surface area contributed by atoms with E-state index in [1.54, 1.807) is 37.5 Å². The molecule has 0 aliphatic carbocycles. The fourth-order valence-corrected chi connectivity index (χ4v) is 3.54. The lowest BCUT2D eigenvalue weighted by molar-refractivity contribution is 0.414. The predicted molar refractivity (Wildman–Crippen MR) is 115 cm³/mol. The van der Waals surface area contributed by atoms with E-state index in [4.69, 9.17) is 4.74 Å². The van der Waals surface area contributed by atoms with Gasteiger partial charge in [-0.15, -0.1) is 10.2 Å². The fourth-order valence-electron chi connectivity index (χ4n) is 2.78. The van der Waals surface area contributed by atoms with Gasteiger partial charge in [-0.2, -0.15) is 0 Å². The summed E-state index contributed by atoms with van der Waals surface area (Å²) < 4.78 is 7.27. The summed E-state index contributed by atoms with van der Waals surface area (Å²) in [4.78, 5) is 8.54. The topological polar surface area (TPSA) is 65.7 Å². The van der Waals surface area contributed by atoms with Crippen LogP contribution in [0.25, 0.3) is 23.3 Å². The number of benzene rings is 2. The van der Waals surface area contributed by atoms with E-state index in [2.05, 4.69) is 44.5 Å². The molecule has 144 valence electrons. The Morgan fingerprint density at radius 1 is 1.00 bits per heavy atom. The third-order valence-electron chi connectivity index (χ3n) is 4.17. The first-order valence-electron chi connectivity index (χ1n) is 9.06. The van der Waals surface area contributed by atoms with Gasteiger partial charge in [0.05, 0.1) is 19.0 Å². The van der Waals surface area contributed by atoms with Gasteiger partial charge in [-0.05, 0) is 29.8 Å². The zero-order chi connectivity index (χ0) is 19.9. The van der Waals surface area contributed by atoms with Crippen molar-refractivity contribution in [3.05, 3.63) is 84.8 Å². The van der Waals surface area contributed by atoms with Gasteiger partial charge in [-0.3, -0.25) is 9.55 Å². The summed E-state index contributed by atoms with van der Waals surface area (Å²) in [6.07, 6.45) is 9.20. The van der Waals surface area contributed by atoms with Gasteiger partial charge in [0.25, 0.3) is 0 Å². The summed E-state index contributed by atoms with van der Waals surface area (Å²) in [5, 5.41) is 9.56. The summed E-state index contributed by atoms with van der Waals surface area (Å²) in [6.45, 7) is 0. The molecule has 0 aliphatic rings. The molecule has 0 unspecified atom stereocenters. The minimum atomic E-state index is 0.651. The van der Waals surface area contributed by atoms with Gasteiger partial charge >= 0.3 is 0 Å². The second kappa shape index (κ2) is 9.16. The molecule has 7 heteroatoms. The van der Waals surface area contributed by atoms with Crippen LogP contribution in [-0.2, 0) is 0 Å². The van der Waals surface area contributed by atoms with Crippen molar-refractivity contribution in [2.75, 3.05) is 12.9 Å². The van der Waals surface area contributed by atoms with Crippen molar-refractivity contribution < 1.29 is 4.74 Å². The standard InChI is InChI=1S/C22H19N5OS/c1-28-19-11-9-18(10-12-19)27-21(20-16-23-13-14-24-20)25-26-22(27)29-15-5-8-17-6-3-2-4-7-17/h2-14,16H,15H2,1H3. The number of thioether (sulfide) groups is 1. The highest BCUT2D eigenvalue weighted by molar-refractivity contribution is 7.99. The average Bonchev–Trinajstić information content (AvgIpc) is 3.22. The third-order valence-corrected chi connectivity index (χ3v) is 5.06. The second-order valence-electron chi connectivity index (χ2n) is 6.05. The van der Waals surface area contributed by atoms with Crippen LogP contribution in [0.3, 0.4) is 0 Å². The molecule has 2 heterocycles. The SMILES string of the molecule is COc1ccc(-n2c(SCC=Cc3ccccc3)nnc2-c2cnccn2)cc1. The molecule has 0 spiro atoms. The summed E-state index contributed by atoms with van der Waals surface area (Å²) >= 11 is 1.61. The second-order valence-corrected chi connectivity index (χ2v) is 7.04. The molecule has 29 heavy (non-hydrogen) atoms. The molecule has 0 bridgehead atoms. The largest absolute Gasteiger partial charge is 0.497 e. The number of rotatable bonds is 7. The molecular formula is C22H19N5OS. The Morgan fingerprint density at radius 3 is 2.55 bits per heavy atom.